The van der Waals surface area contributed by atoms with Gasteiger partial charge in [0.2, 0.25) is 10.0 Å². The SMILES string of the molecule is Cc1ccc(S(=O)(=O)N(C)CC[C@@H](CC(=O)O)NC(=O)OC(C)(C)C)cc1. The third-order valence-corrected chi connectivity index (χ3v) is 5.53. The Morgan fingerprint density at radius 2 is 1.78 bits per heavy atom. The highest BCUT2D eigenvalue weighted by molar-refractivity contribution is 7.89. The zero-order valence-corrected chi connectivity index (χ0v) is 17.2. The van der Waals surface area contributed by atoms with Crippen molar-refractivity contribution < 1.29 is 27.9 Å². The van der Waals surface area contributed by atoms with Crippen LogP contribution < -0.4 is 5.32 Å². The van der Waals surface area contributed by atoms with Gasteiger partial charge < -0.3 is 15.2 Å². The molecule has 9 heteroatoms. The molecule has 1 aromatic rings. The standard InChI is InChI=1S/C18H28N2O6S/c1-13-6-8-15(9-7-13)27(24,25)20(5)11-10-14(12-16(21)22)19-17(23)26-18(2,3)4/h6-9,14H,10-12H2,1-5H3,(H,19,23)(H,21,22)/t14-/m0/s1. The van der Waals surface area contributed by atoms with Crippen LogP contribution >= 0.6 is 0 Å². The lowest BCUT2D eigenvalue weighted by Crippen LogP contribution is -2.42. The van der Waals surface area contributed by atoms with Crippen LogP contribution in [0.5, 0.6) is 0 Å². The molecule has 0 unspecified atom stereocenters. The minimum absolute atomic E-state index is 0.0456. The second-order valence-corrected chi connectivity index (χ2v) is 9.41. The summed E-state index contributed by atoms with van der Waals surface area (Å²) in [7, 11) is -2.28. The molecule has 0 aliphatic heterocycles. The van der Waals surface area contributed by atoms with E-state index in [1.807, 2.05) is 6.92 Å². The monoisotopic (exact) mass is 400 g/mol. The van der Waals surface area contributed by atoms with Gasteiger partial charge in [0, 0.05) is 19.6 Å². The van der Waals surface area contributed by atoms with Crippen molar-refractivity contribution in [3.05, 3.63) is 29.8 Å². The zero-order chi connectivity index (χ0) is 20.8. The van der Waals surface area contributed by atoms with Crippen LogP contribution in [0.3, 0.4) is 0 Å². The van der Waals surface area contributed by atoms with Crippen LogP contribution in [0.4, 0.5) is 4.79 Å². The van der Waals surface area contributed by atoms with Crippen LogP contribution in [-0.2, 0) is 19.6 Å². The lowest BCUT2D eigenvalue weighted by molar-refractivity contribution is -0.137. The predicted octanol–water partition coefficient (Wildman–Crippen LogP) is 2.37. The number of alkyl carbamates (subject to hydrolysis) is 1. The van der Waals surface area contributed by atoms with Crippen LogP contribution in [0.15, 0.2) is 29.2 Å². The summed E-state index contributed by atoms with van der Waals surface area (Å²) in [5.74, 6) is -1.10. The number of carbonyl (C=O) groups is 2. The Morgan fingerprint density at radius 3 is 2.26 bits per heavy atom. The molecule has 1 rings (SSSR count). The number of aryl methyl sites for hydroxylation is 1. The number of nitrogens with one attached hydrogen (secondary N) is 1. The molecular weight excluding hydrogens is 372 g/mol. The Labute approximate surface area is 160 Å². The summed E-state index contributed by atoms with van der Waals surface area (Å²) in [5.41, 5.74) is 0.225. The quantitative estimate of drug-likeness (QED) is 0.693. The maximum atomic E-state index is 12.6. The van der Waals surface area contributed by atoms with E-state index in [1.54, 1.807) is 32.9 Å². The number of ether oxygens (including phenoxy) is 1. The Hall–Kier alpha value is -2.13. The normalized spacial score (nSPS) is 13.3. The molecule has 0 saturated carbocycles. The van der Waals surface area contributed by atoms with E-state index in [0.717, 1.165) is 9.87 Å². The van der Waals surface area contributed by atoms with Gasteiger partial charge in [-0.15, -0.1) is 0 Å². The molecule has 8 nitrogen and oxygen atoms in total. The van der Waals surface area contributed by atoms with Gasteiger partial charge in [-0.2, -0.15) is 0 Å². The number of hydrogen-bond donors (Lipinski definition) is 2. The molecule has 1 atom stereocenters. The fraction of sp³-hybridized carbons (Fsp3) is 0.556. The summed E-state index contributed by atoms with van der Waals surface area (Å²) in [5, 5.41) is 11.5. The van der Waals surface area contributed by atoms with E-state index in [9.17, 15) is 18.0 Å². The van der Waals surface area contributed by atoms with E-state index in [4.69, 9.17) is 9.84 Å². The summed E-state index contributed by atoms with van der Waals surface area (Å²) >= 11 is 0. The van der Waals surface area contributed by atoms with E-state index < -0.39 is 33.7 Å². The first-order chi connectivity index (χ1) is 12.3. The molecule has 0 spiro atoms. The van der Waals surface area contributed by atoms with E-state index in [0.29, 0.717) is 0 Å². The minimum Gasteiger partial charge on any atom is -0.481 e. The Balaban J connectivity index is 2.77. The first-order valence-electron chi connectivity index (χ1n) is 8.55. The van der Waals surface area contributed by atoms with Gasteiger partial charge in [0.1, 0.15) is 5.60 Å². The van der Waals surface area contributed by atoms with Gasteiger partial charge in [-0.05, 0) is 46.2 Å². The lowest BCUT2D eigenvalue weighted by atomic mass is 10.1. The van der Waals surface area contributed by atoms with Crippen molar-refractivity contribution in [2.24, 2.45) is 0 Å². The molecular formula is C18H28N2O6S. The number of rotatable bonds is 8. The van der Waals surface area contributed by atoms with Gasteiger partial charge in [-0.3, -0.25) is 4.79 Å². The largest absolute Gasteiger partial charge is 0.481 e. The Bertz CT molecular complexity index is 753. The first kappa shape index (κ1) is 22.9. The lowest BCUT2D eigenvalue weighted by Gasteiger charge is -2.24. The Morgan fingerprint density at radius 1 is 1.22 bits per heavy atom. The number of aliphatic carboxylic acids is 1. The first-order valence-corrected chi connectivity index (χ1v) is 9.99. The number of nitrogens with zero attached hydrogens (tertiary/aromatic N) is 1. The average Bonchev–Trinajstić information content (AvgIpc) is 2.50. The highest BCUT2D eigenvalue weighted by Crippen LogP contribution is 2.16. The molecule has 0 aliphatic rings. The van der Waals surface area contributed by atoms with Crippen molar-refractivity contribution in [3.63, 3.8) is 0 Å². The number of sulfonamides is 1. The molecule has 0 saturated heterocycles. The van der Waals surface area contributed by atoms with Crippen LogP contribution in [0.1, 0.15) is 39.2 Å². The van der Waals surface area contributed by atoms with Gasteiger partial charge in [-0.25, -0.2) is 17.5 Å². The third kappa shape index (κ3) is 7.96. The number of carboxylic acid groups (broad SMARTS) is 1. The molecule has 0 aliphatic carbocycles. The van der Waals surface area contributed by atoms with Gasteiger partial charge in [0.05, 0.1) is 11.3 Å². The van der Waals surface area contributed by atoms with E-state index in [2.05, 4.69) is 5.32 Å². The number of benzene rings is 1. The molecule has 1 amide bonds. The van der Waals surface area contributed by atoms with Crippen molar-refractivity contribution in [1.29, 1.82) is 0 Å². The summed E-state index contributed by atoms with van der Waals surface area (Å²) in [6.45, 7) is 6.99. The molecule has 0 heterocycles. The minimum atomic E-state index is -3.70. The number of carbonyl (C=O) groups excluding carboxylic acids is 1. The fourth-order valence-corrected chi connectivity index (χ4v) is 3.44. The van der Waals surface area contributed by atoms with Crippen LogP contribution in [0.2, 0.25) is 0 Å². The maximum Gasteiger partial charge on any atom is 0.407 e. The molecule has 0 bridgehead atoms. The fourth-order valence-electron chi connectivity index (χ4n) is 2.26. The third-order valence-electron chi connectivity index (χ3n) is 3.66. The topological polar surface area (TPSA) is 113 Å². The van der Waals surface area contributed by atoms with Gasteiger partial charge in [0.25, 0.3) is 0 Å². The molecule has 152 valence electrons. The number of amides is 1. The van der Waals surface area contributed by atoms with Crippen molar-refractivity contribution in [3.8, 4) is 0 Å². The molecule has 0 radical (unpaired) electrons. The van der Waals surface area contributed by atoms with Gasteiger partial charge in [-0.1, -0.05) is 17.7 Å². The summed E-state index contributed by atoms with van der Waals surface area (Å²) in [6, 6.07) is 5.70. The summed E-state index contributed by atoms with van der Waals surface area (Å²) in [6.07, 6.45) is -0.942. The van der Waals surface area contributed by atoms with Crippen molar-refractivity contribution in [2.45, 2.75) is 57.1 Å². The molecule has 0 aromatic heterocycles. The second-order valence-electron chi connectivity index (χ2n) is 7.37. The van der Waals surface area contributed by atoms with Crippen molar-refractivity contribution in [1.82, 2.24) is 9.62 Å². The van der Waals surface area contributed by atoms with Gasteiger partial charge in [0.15, 0.2) is 0 Å². The highest BCUT2D eigenvalue weighted by Gasteiger charge is 2.25. The number of carboxylic acids is 1. The summed E-state index contributed by atoms with van der Waals surface area (Å²) in [4.78, 5) is 23.1. The van der Waals surface area contributed by atoms with Crippen molar-refractivity contribution in [2.75, 3.05) is 13.6 Å². The van der Waals surface area contributed by atoms with Gasteiger partial charge >= 0.3 is 12.1 Å². The maximum absolute atomic E-state index is 12.6. The molecule has 1 aromatic carbocycles. The van der Waals surface area contributed by atoms with E-state index >= 15 is 0 Å². The second kappa shape index (κ2) is 9.18. The predicted molar refractivity (Wildman–Crippen MR) is 101 cm³/mol. The van der Waals surface area contributed by atoms with Crippen molar-refractivity contribution >= 4 is 22.1 Å². The van der Waals surface area contributed by atoms with Crippen LogP contribution in [0.25, 0.3) is 0 Å². The Kier molecular flexibility index (Phi) is 7.79. The zero-order valence-electron chi connectivity index (χ0n) is 16.4. The van der Waals surface area contributed by atoms with E-state index in [-0.39, 0.29) is 24.3 Å². The van der Waals surface area contributed by atoms with Crippen LogP contribution in [-0.4, -0.2) is 55.1 Å². The highest BCUT2D eigenvalue weighted by atomic mass is 32.2. The molecule has 27 heavy (non-hydrogen) atoms. The van der Waals surface area contributed by atoms with E-state index in [1.165, 1.54) is 19.2 Å². The average molecular weight is 400 g/mol. The summed E-state index contributed by atoms with van der Waals surface area (Å²) < 4.78 is 31.4. The smallest absolute Gasteiger partial charge is 0.407 e. The molecule has 2 N–H and O–H groups in total. The number of hydrogen-bond acceptors (Lipinski definition) is 5. The molecule has 0 fully saturated rings. The van der Waals surface area contributed by atoms with Crippen LogP contribution in [0, 0.1) is 6.92 Å².